The highest BCUT2D eigenvalue weighted by atomic mass is 32.2. The average molecular weight is 289 g/mol. The molecule has 0 aliphatic heterocycles. The highest BCUT2D eigenvalue weighted by Gasteiger charge is 2.25. The molecule has 0 fully saturated rings. The molecule has 19 heavy (non-hydrogen) atoms. The molecule has 0 saturated heterocycles. The molecule has 1 rings (SSSR count). The minimum absolute atomic E-state index is 0.0921. The molecule has 1 amide bonds. The zero-order valence-electron chi connectivity index (χ0n) is 11.7. The van der Waals surface area contributed by atoms with Crippen molar-refractivity contribution in [3.05, 3.63) is 11.8 Å². The topological polar surface area (TPSA) is 90.3 Å². The standard InChI is InChI=1S/C11H19N3O4S/c1-6-11(2,3)12-9(15)8-7-14(4)13-10(8)18-19(5,16)17/h7H,6H2,1-5H3,(H,12,15). The second kappa shape index (κ2) is 5.20. The smallest absolute Gasteiger partial charge is 0.307 e. The number of nitrogens with zero attached hydrogens (tertiary/aromatic N) is 2. The van der Waals surface area contributed by atoms with Crippen molar-refractivity contribution in [2.75, 3.05) is 6.26 Å². The second-order valence-electron chi connectivity index (χ2n) is 5.00. The number of aromatic nitrogens is 2. The number of amides is 1. The van der Waals surface area contributed by atoms with E-state index in [4.69, 9.17) is 4.18 Å². The number of carbonyl (C=O) groups excluding carboxylic acids is 1. The number of hydrogen-bond donors (Lipinski definition) is 1. The van der Waals surface area contributed by atoms with Crippen LogP contribution in [0.1, 0.15) is 37.6 Å². The van der Waals surface area contributed by atoms with Gasteiger partial charge in [0.1, 0.15) is 5.56 Å². The van der Waals surface area contributed by atoms with Crippen LogP contribution in [0.15, 0.2) is 6.20 Å². The maximum Gasteiger partial charge on any atom is 0.307 e. The molecule has 1 aromatic rings. The third-order valence-electron chi connectivity index (χ3n) is 2.61. The van der Waals surface area contributed by atoms with Crippen LogP contribution in [0.3, 0.4) is 0 Å². The first-order valence-corrected chi connectivity index (χ1v) is 7.61. The molecule has 108 valence electrons. The maximum atomic E-state index is 12.1. The Morgan fingerprint density at radius 3 is 2.58 bits per heavy atom. The molecule has 7 nitrogen and oxygen atoms in total. The van der Waals surface area contributed by atoms with Crippen LogP contribution in [-0.4, -0.2) is 35.9 Å². The summed E-state index contributed by atoms with van der Waals surface area (Å²) in [4.78, 5) is 12.1. The van der Waals surface area contributed by atoms with Gasteiger partial charge in [-0.15, -0.1) is 5.10 Å². The molecule has 0 bridgehead atoms. The quantitative estimate of drug-likeness (QED) is 0.805. The summed E-state index contributed by atoms with van der Waals surface area (Å²) in [6, 6.07) is 0. The van der Waals surface area contributed by atoms with Gasteiger partial charge in [-0.25, -0.2) is 0 Å². The van der Waals surface area contributed by atoms with Crippen molar-refractivity contribution >= 4 is 16.0 Å². The Labute approximate surface area is 113 Å². The van der Waals surface area contributed by atoms with Gasteiger partial charge in [0.15, 0.2) is 0 Å². The van der Waals surface area contributed by atoms with Gasteiger partial charge in [0, 0.05) is 18.8 Å². The number of rotatable bonds is 5. The number of nitrogens with one attached hydrogen (secondary N) is 1. The first kappa shape index (κ1) is 15.5. The largest absolute Gasteiger partial charge is 0.359 e. The maximum absolute atomic E-state index is 12.1. The van der Waals surface area contributed by atoms with Gasteiger partial charge in [-0.3, -0.25) is 9.48 Å². The molecule has 1 heterocycles. The van der Waals surface area contributed by atoms with E-state index in [1.54, 1.807) is 7.05 Å². The van der Waals surface area contributed by atoms with Gasteiger partial charge in [0.05, 0.1) is 6.26 Å². The van der Waals surface area contributed by atoms with Gasteiger partial charge in [0.2, 0.25) is 0 Å². The van der Waals surface area contributed by atoms with Crippen LogP contribution >= 0.6 is 0 Å². The van der Waals surface area contributed by atoms with Crippen LogP contribution in [0, 0.1) is 0 Å². The lowest BCUT2D eigenvalue weighted by Gasteiger charge is -2.24. The Morgan fingerprint density at radius 1 is 1.53 bits per heavy atom. The zero-order chi connectivity index (χ0) is 14.8. The fraction of sp³-hybridized carbons (Fsp3) is 0.636. The predicted octanol–water partition coefficient (Wildman–Crippen LogP) is 0.677. The summed E-state index contributed by atoms with van der Waals surface area (Å²) >= 11 is 0. The molecule has 0 aliphatic carbocycles. The molecule has 0 unspecified atom stereocenters. The summed E-state index contributed by atoms with van der Waals surface area (Å²) in [5.74, 6) is -0.631. The summed E-state index contributed by atoms with van der Waals surface area (Å²) in [5.41, 5.74) is -0.301. The van der Waals surface area contributed by atoms with Gasteiger partial charge >= 0.3 is 10.1 Å². The third-order valence-corrected chi connectivity index (χ3v) is 3.07. The van der Waals surface area contributed by atoms with Crippen LogP contribution in [0.4, 0.5) is 0 Å². The molecule has 8 heteroatoms. The second-order valence-corrected chi connectivity index (χ2v) is 6.58. The Morgan fingerprint density at radius 2 is 2.11 bits per heavy atom. The highest BCUT2D eigenvalue weighted by Crippen LogP contribution is 2.18. The number of hydrogen-bond acceptors (Lipinski definition) is 5. The average Bonchev–Trinajstić information content (AvgIpc) is 2.56. The predicted molar refractivity (Wildman–Crippen MR) is 70.5 cm³/mol. The van der Waals surface area contributed by atoms with E-state index in [0.717, 1.165) is 12.7 Å². The van der Waals surface area contributed by atoms with Crippen LogP contribution in [0.2, 0.25) is 0 Å². The van der Waals surface area contributed by atoms with Crippen LogP contribution in [-0.2, 0) is 17.2 Å². The van der Waals surface area contributed by atoms with Crippen molar-refractivity contribution in [1.29, 1.82) is 0 Å². The van der Waals surface area contributed by atoms with Crippen LogP contribution in [0.5, 0.6) is 5.88 Å². The fourth-order valence-corrected chi connectivity index (χ4v) is 1.70. The summed E-state index contributed by atoms with van der Waals surface area (Å²) in [5, 5.41) is 6.62. The van der Waals surface area contributed by atoms with E-state index in [-0.39, 0.29) is 11.4 Å². The lowest BCUT2D eigenvalue weighted by Crippen LogP contribution is -2.42. The molecule has 0 aliphatic rings. The van der Waals surface area contributed by atoms with Gasteiger partial charge < -0.3 is 9.50 Å². The van der Waals surface area contributed by atoms with Crippen molar-refractivity contribution in [1.82, 2.24) is 15.1 Å². The van der Waals surface area contributed by atoms with E-state index in [2.05, 4.69) is 10.4 Å². The van der Waals surface area contributed by atoms with Crippen molar-refractivity contribution in [3.8, 4) is 5.88 Å². The minimum Gasteiger partial charge on any atom is -0.359 e. The SMILES string of the molecule is CCC(C)(C)NC(=O)c1cn(C)nc1OS(C)(=O)=O. The normalized spacial score (nSPS) is 12.3. The zero-order valence-corrected chi connectivity index (χ0v) is 12.5. The van der Waals surface area contributed by atoms with Gasteiger partial charge in [0.25, 0.3) is 11.8 Å². The lowest BCUT2D eigenvalue weighted by atomic mass is 10.0. The van der Waals surface area contributed by atoms with Gasteiger partial charge in [-0.2, -0.15) is 8.42 Å². The Hall–Kier alpha value is -1.57. The van der Waals surface area contributed by atoms with E-state index in [1.165, 1.54) is 10.9 Å². The minimum atomic E-state index is -3.72. The summed E-state index contributed by atoms with van der Waals surface area (Å²) < 4.78 is 28.3. The number of carbonyl (C=O) groups is 1. The van der Waals surface area contributed by atoms with E-state index in [1.807, 2.05) is 20.8 Å². The monoisotopic (exact) mass is 289 g/mol. The van der Waals surface area contributed by atoms with Crippen LogP contribution in [0.25, 0.3) is 0 Å². The van der Waals surface area contributed by atoms with E-state index < -0.39 is 21.6 Å². The molecular formula is C11H19N3O4S. The van der Waals surface area contributed by atoms with E-state index >= 15 is 0 Å². The molecule has 0 radical (unpaired) electrons. The van der Waals surface area contributed by atoms with Crippen molar-refractivity contribution in [2.45, 2.75) is 32.7 Å². The first-order valence-electron chi connectivity index (χ1n) is 5.79. The molecule has 0 spiro atoms. The fourth-order valence-electron chi connectivity index (χ4n) is 1.29. The van der Waals surface area contributed by atoms with Gasteiger partial charge in [-0.1, -0.05) is 6.92 Å². The number of aryl methyl sites for hydroxylation is 1. The highest BCUT2D eigenvalue weighted by molar-refractivity contribution is 7.86. The summed E-state index contributed by atoms with van der Waals surface area (Å²) in [6.45, 7) is 5.69. The van der Waals surface area contributed by atoms with Crippen molar-refractivity contribution < 1.29 is 17.4 Å². The first-order chi connectivity index (χ1) is 8.54. The lowest BCUT2D eigenvalue weighted by molar-refractivity contribution is 0.0909. The Balaban J connectivity index is 3.04. The Kier molecular flexibility index (Phi) is 4.24. The molecule has 0 aromatic carbocycles. The molecule has 0 atom stereocenters. The molecule has 1 N–H and O–H groups in total. The van der Waals surface area contributed by atoms with E-state index in [0.29, 0.717) is 0 Å². The third kappa shape index (κ3) is 4.55. The summed E-state index contributed by atoms with van der Waals surface area (Å²) in [6.07, 6.45) is 3.06. The molecular weight excluding hydrogens is 270 g/mol. The van der Waals surface area contributed by atoms with Gasteiger partial charge in [-0.05, 0) is 20.3 Å². The summed E-state index contributed by atoms with van der Waals surface area (Å²) in [7, 11) is -2.14. The molecule has 1 aromatic heterocycles. The van der Waals surface area contributed by atoms with Crippen molar-refractivity contribution in [3.63, 3.8) is 0 Å². The van der Waals surface area contributed by atoms with Crippen molar-refractivity contribution in [2.24, 2.45) is 7.05 Å². The van der Waals surface area contributed by atoms with Crippen LogP contribution < -0.4 is 9.50 Å². The Bertz CT molecular complexity index is 575. The molecule has 0 saturated carbocycles. The van der Waals surface area contributed by atoms with E-state index in [9.17, 15) is 13.2 Å².